The fourth-order valence-corrected chi connectivity index (χ4v) is 1.84. The summed E-state index contributed by atoms with van der Waals surface area (Å²) in [6.45, 7) is 2.06. The van der Waals surface area contributed by atoms with Crippen LogP contribution in [0.2, 0.25) is 0 Å². The number of rotatable bonds is 6. The minimum atomic E-state index is -2.86. The molecule has 0 aliphatic rings. The first-order valence-electron chi connectivity index (χ1n) is 6.22. The predicted molar refractivity (Wildman–Crippen MR) is 70.0 cm³/mol. The molecule has 1 atom stereocenters. The highest BCUT2D eigenvalue weighted by molar-refractivity contribution is 5.20. The molecule has 0 saturated heterocycles. The van der Waals surface area contributed by atoms with Gasteiger partial charge in [-0.2, -0.15) is 13.9 Å². The number of hydrogen-bond acceptors (Lipinski definition) is 2. The van der Waals surface area contributed by atoms with Gasteiger partial charge in [-0.25, -0.2) is 0 Å². The molecule has 1 N–H and O–H groups in total. The molecule has 1 aromatic carbocycles. The molecular formula is C14H17F2N3. The van der Waals surface area contributed by atoms with Gasteiger partial charge in [0.05, 0.1) is 13.1 Å². The zero-order valence-corrected chi connectivity index (χ0v) is 10.8. The lowest BCUT2D eigenvalue weighted by Gasteiger charge is -2.20. The van der Waals surface area contributed by atoms with Crippen molar-refractivity contribution in [1.82, 2.24) is 15.1 Å². The van der Waals surface area contributed by atoms with Crippen molar-refractivity contribution < 1.29 is 8.78 Å². The smallest absolute Gasteiger partial charge is 0.285 e. The summed E-state index contributed by atoms with van der Waals surface area (Å²) in [4.78, 5) is 0. The van der Waals surface area contributed by atoms with E-state index < -0.39 is 5.92 Å². The van der Waals surface area contributed by atoms with Gasteiger partial charge in [0.25, 0.3) is 5.92 Å². The Morgan fingerprint density at radius 1 is 1.26 bits per heavy atom. The lowest BCUT2D eigenvalue weighted by atomic mass is 10.1. The highest BCUT2D eigenvalue weighted by Crippen LogP contribution is 2.26. The number of hydrogen-bond donors (Lipinski definition) is 1. The van der Waals surface area contributed by atoms with Crippen molar-refractivity contribution in [3.8, 4) is 0 Å². The fourth-order valence-electron chi connectivity index (χ4n) is 1.84. The molecule has 0 amide bonds. The quantitative estimate of drug-likeness (QED) is 0.870. The lowest BCUT2D eigenvalue weighted by molar-refractivity contribution is -0.00578. The highest BCUT2D eigenvalue weighted by atomic mass is 19.3. The molecule has 0 bridgehead atoms. The average molecular weight is 265 g/mol. The van der Waals surface area contributed by atoms with Crippen molar-refractivity contribution in [2.45, 2.75) is 25.4 Å². The van der Waals surface area contributed by atoms with E-state index in [9.17, 15) is 8.78 Å². The molecule has 102 valence electrons. The number of nitrogens with zero attached hydrogens (tertiary/aromatic N) is 2. The maximum Gasteiger partial charge on any atom is 0.285 e. The molecule has 19 heavy (non-hydrogen) atoms. The predicted octanol–water partition coefficient (Wildman–Crippen LogP) is 2.65. The Hall–Kier alpha value is -1.75. The first kappa shape index (κ1) is 13.7. The van der Waals surface area contributed by atoms with Crippen LogP contribution < -0.4 is 5.32 Å². The van der Waals surface area contributed by atoms with E-state index in [0.29, 0.717) is 6.54 Å². The van der Waals surface area contributed by atoms with Gasteiger partial charge in [-0.3, -0.25) is 4.68 Å². The van der Waals surface area contributed by atoms with Crippen molar-refractivity contribution in [2.24, 2.45) is 0 Å². The van der Waals surface area contributed by atoms with Gasteiger partial charge >= 0.3 is 0 Å². The largest absolute Gasteiger partial charge is 0.306 e. The van der Waals surface area contributed by atoms with E-state index in [1.807, 2.05) is 19.2 Å². The molecule has 3 nitrogen and oxygen atoms in total. The van der Waals surface area contributed by atoms with E-state index in [1.54, 1.807) is 29.1 Å². The van der Waals surface area contributed by atoms with Crippen molar-refractivity contribution in [3.05, 3.63) is 54.4 Å². The first-order valence-corrected chi connectivity index (χ1v) is 6.22. The summed E-state index contributed by atoms with van der Waals surface area (Å²) < 4.78 is 29.5. The first-order chi connectivity index (χ1) is 9.08. The zero-order valence-electron chi connectivity index (χ0n) is 10.8. The minimum Gasteiger partial charge on any atom is -0.306 e. The van der Waals surface area contributed by atoms with Gasteiger partial charge in [0.2, 0.25) is 0 Å². The third-order valence-electron chi connectivity index (χ3n) is 2.89. The van der Waals surface area contributed by atoms with E-state index in [-0.39, 0.29) is 18.2 Å². The van der Waals surface area contributed by atoms with E-state index >= 15 is 0 Å². The number of halogens is 2. The molecule has 0 spiro atoms. The maximum absolute atomic E-state index is 13.9. The molecule has 0 aliphatic carbocycles. The van der Waals surface area contributed by atoms with Crippen molar-refractivity contribution >= 4 is 0 Å². The summed E-state index contributed by atoms with van der Waals surface area (Å²) in [5, 5.41) is 6.90. The third kappa shape index (κ3) is 3.86. The summed E-state index contributed by atoms with van der Waals surface area (Å²) in [7, 11) is 0. The van der Waals surface area contributed by atoms with Crippen LogP contribution in [0.1, 0.15) is 12.5 Å². The van der Waals surface area contributed by atoms with Crippen LogP contribution in [0.25, 0.3) is 0 Å². The van der Waals surface area contributed by atoms with Crippen LogP contribution in [0.15, 0.2) is 48.8 Å². The number of aromatic nitrogens is 2. The van der Waals surface area contributed by atoms with Crippen LogP contribution in [-0.2, 0) is 12.5 Å². The second-order valence-electron chi connectivity index (χ2n) is 4.58. The molecule has 1 unspecified atom stereocenters. The normalized spacial score (nSPS) is 13.4. The van der Waals surface area contributed by atoms with Crippen LogP contribution in [0.4, 0.5) is 8.78 Å². The Labute approximate surface area is 111 Å². The SMILES string of the molecule is CC(Cn1cccn1)NCC(F)(F)c1ccccc1. The molecule has 0 radical (unpaired) electrons. The van der Waals surface area contributed by atoms with E-state index in [1.165, 1.54) is 12.1 Å². The Balaban J connectivity index is 1.87. The van der Waals surface area contributed by atoms with Gasteiger partial charge in [0.1, 0.15) is 0 Å². The Morgan fingerprint density at radius 3 is 2.63 bits per heavy atom. The summed E-state index contributed by atoms with van der Waals surface area (Å²) >= 11 is 0. The van der Waals surface area contributed by atoms with Crippen LogP contribution >= 0.6 is 0 Å². The number of alkyl halides is 2. The topological polar surface area (TPSA) is 29.9 Å². The van der Waals surface area contributed by atoms with E-state index in [0.717, 1.165) is 0 Å². The van der Waals surface area contributed by atoms with Gasteiger partial charge in [0, 0.05) is 24.0 Å². The standard InChI is InChI=1S/C14H17F2N3/c1-12(10-19-9-5-8-18-19)17-11-14(15,16)13-6-3-2-4-7-13/h2-9,12,17H,10-11H2,1H3. The second-order valence-corrected chi connectivity index (χ2v) is 4.58. The molecule has 0 fully saturated rings. The number of nitrogens with one attached hydrogen (secondary N) is 1. The lowest BCUT2D eigenvalue weighted by Crippen LogP contribution is -2.38. The van der Waals surface area contributed by atoms with Crippen LogP contribution in [0, 0.1) is 0 Å². The summed E-state index contributed by atoms with van der Waals surface area (Å²) in [6.07, 6.45) is 3.48. The van der Waals surface area contributed by atoms with E-state index in [4.69, 9.17) is 0 Å². The monoisotopic (exact) mass is 265 g/mol. The Kier molecular flexibility index (Phi) is 4.27. The van der Waals surface area contributed by atoms with Gasteiger partial charge in [-0.1, -0.05) is 30.3 Å². The molecule has 5 heteroatoms. The number of benzene rings is 1. The van der Waals surface area contributed by atoms with Crippen LogP contribution in [-0.4, -0.2) is 22.4 Å². The molecule has 2 aromatic rings. The van der Waals surface area contributed by atoms with Gasteiger partial charge in [-0.05, 0) is 13.0 Å². The molecule has 1 heterocycles. The average Bonchev–Trinajstić information content (AvgIpc) is 2.90. The zero-order chi connectivity index (χ0) is 13.7. The Morgan fingerprint density at radius 2 is 2.00 bits per heavy atom. The molecule has 0 aliphatic heterocycles. The van der Waals surface area contributed by atoms with Crippen molar-refractivity contribution in [1.29, 1.82) is 0 Å². The summed E-state index contributed by atoms with van der Waals surface area (Å²) in [5.41, 5.74) is 0.0359. The maximum atomic E-state index is 13.9. The third-order valence-corrected chi connectivity index (χ3v) is 2.89. The van der Waals surface area contributed by atoms with Gasteiger partial charge in [0.15, 0.2) is 0 Å². The molecular weight excluding hydrogens is 248 g/mol. The van der Waals surface area contributed by atoms with Crippen molar-refractivity contribution in [3.63, 3.8) is 0 Å². The fraction of sp³-hybridized carbons (Fsp3) is 0.357. The summed E-state index contributed by atoms with van der Waals surface area (Å²) in [6, 6.07) is 9.60. The van der Waals surface area contributed by atoms with Crippen molar-refractivity contribution in [2.75, 3.05) is 6.54 Å². The Bertz CT molecular complexity index is 483. The summed E-state index contributed by atoms with van der Waals surface area (Å²) in [5.74, 6) is -2.86. The molecule has 2 rings (SSSR count). The van der Waals surface area contributed by atoms with Gasteiger partial charge < -0.3 is 5.32 Å². The molecule has 1 aromatic heterocycles. The highest BCUT2D eigenvalue weighted by Gasteiger charge is 2.31. The van der Waals surface area contributed by atoms with Crippen LogP contribution in [0.3, 0.4) is 0 Å². The molecule has 0 saturated carbocycles. The second kappa shape index (κ2) is 5.93. The van der Waals surface area contributed by atoms with Crippen LogP contribution in [0.5, 0.6) is 0 Å². The minimum absolute atomic E-state index is 0.0359. The van der Waals surface area contributed by atoms with E-state index in [2.05, 4.69) is 10.4 Å². The van der Waals surface area contributed by atoms with Gasteiger partial charge in [-0.15, -0.1) is 0 Å².